The Hall–Kier alpha value is -1.31. The molecule has 1 rings (SSSR count). The molecule has 0 spiro atoms. The van der Waals surface area contributed by atoms with Gasteiger partial charge in [0.1, 0.15) is 0 Å². The summed E-state index contributed by atoms with van der Waals surface area (Å²) in [5.74, 6) is 0.0369. The highest BCUT2D eigenvalue weighted by Gasteiger charge is 2.22. The summed E-state index contributed by atoms with van der Waals surface area (Å²) >= 11 is 0. The van der Waals surface area contributed by atoms with Crippen LogP contribution in [0.25, 0.3) is 0 Å². The van der Waals surface area contributed by atoms with E-state index in [2.05, 4.69) is 13.2 Å². The topological polar surface area (TPSA) is 20.3 Å². The molecule has 0 radical (unpaired) electrons. The lowest BCUT2D eigenvalue weighted by molar-refractivity contribution is -0.124. The number of hydrogen-bond acceptors (Lipinski definition) is 1. The van der Waals surface area contributed by atoms with Crippen molar-refractivity contribution >= 4 is 5.91 Å². The first-order valence-electron chi connectivity index (χ1n) is 5.44. The highest BCUT2D eigenvalue weighted by molar-refractivity contribution is 6.00. The van der Waals surface area contributed by atoms with E-state index in [1.165, 1.54) is 0 Å². The van der Waals surface area contributed by atoms with Crippen molar-refractivity contribution < 1.29 is 4.79 Å². The first kappa shape index (κ1) is 16.1. The van der Waals surface area contributed by atoms with Crippen molar-refractivity contribution in [1.29, 1.82) is 0 Å². The Morgan fingerprint density at radius 2 is 1.60 bits per heavy atom. The van der Waals surface area contributed by atoms with Gasteiger partial charge in [0, 0.05) is 19.2 Å². The van der Waals surface area contributed by atoms with Crippen LogP contribution in [-0.2, 0) is 4.79 Å². The second-order valence-electron chi connectivity index (χ2n) is 2.51. The summed E-state index contributed by atoms with van der Waals surface area (Å²) in [6, 6.07) is 0. The summed E-state index contributed by atoms with van der Waals surface area (Å²) < 4.78 is 0. The van der Waals surface area contributed by atoms with Crippen molar-refractivity contribution in [2.45, 2.75) is 27.7 Å². The van der Waals surface area contributed by atoms with Gasteiger partial charge in [-0.25, -0.2) is 0 Å². The first-order valence-corrected chi connectivity index (χ1v) is 5.44. The van der Waals surface area contributed by atoms with Gasteiger partial charge in [-0.15, -0.1) is 0 Å². The largest absolute Gasteiger partial charge is 0.337 e. The Morgan fingerprint density at radius 3 is 1.87 bits per heavy atom. The number of amides is 1. The Morgan fingerprint density at radius 1 is 1.13 bits per heavy atom. The van der Waals surface area contributed by atoms with E-state index in [0.29, 0.717) is 12.1 Å². The summed E-state index contributed by atoms with van der Waals surface area (Å²) in [5.41, 5.74) is 1.65. The Balaban J connectivity index is 0. The van der Waals surface area contributed by atoms with Gasteiger partial charge < -0.3 is 4.90 Å². The average molecular weight is 209 g/mol. The van der Waals surface area contributed by atoms with Gasteiger partial charge in [-0.1, -0.05) is 53.0 Å². The van der Waals surface area contributed by atoms with Crippen LogP contribution in [0.5, 0.6) is 0 Å². The Kier molecular flexibility index (Phi) is 9.95. The molecule has 0 aromatic rings. The van der Waals surface area contributed by atoms with Crippen LogP contribution in [0.3, 0.4) is 0 Å². The normalized spacial score (nSPS) is 13.7. The Bertz CT molecular complexity index is 251. The average Bonchev–Trinajstić information content (AvgIpc) is 2.60. The molecule has 0 aromatic carbocycles. The smallest absolute Gasteiger partial charge is 0.254 e. The summed E-state index contributed by atoms with van der Waals surface area (Å²) in [7, 11) is 1.77. The molecular weight excluding hydrogens is 186 g/mol. The van der Waals surface area contributed by atoms with Crippen LogP contribution in [0.1, 0.15) is 27.7 Å². The summed E-state index contributed by atoms with van der Waals surface area (Å²) in [6.07, 6.45) is 3.29. The first-order chi connectivity index (χ1) is 7.20. The quantitative estimate of drug-likeness (QED) is 0.684. The third-order valence-electron chi connectivity index (χ3n) is 1.78. The molecule has 0 saturated carbocycles. The third-order valence-corrected chi connectivity index (χ3v) is 1.78. The summed E-state index contributed by atoms with van der Waals surface area (Å²) in [4.78, 5) is 12.9. The molecule has 0 fully saturated rings. The van der Waals surface area contributed by atoms with Crippen molar-refractivity contribution in [2.24, 2.45) is 0 Å². The molecule has 2 heteroatoms. The van der Waals surface area contributed by atoms with E-state index in [9.17, 15) is 4.79 Å². The molecule has 1 amide bonds. The van der Waals surface area contributed by atoms with E-state index in [-0.39, 0.29) is 5.91 Å². The minimum atomic E-state index is 0.0369. The van der Waals surface area contributed by atoms with E-state index >= 15 is 0 Å². The molecule has 15 heavy (non-hydrogen) atoms. The highest BCUT2D eigenvalue weighted by Crippen LogP contribution is 2.18. The number of rotatable bonds is 2. The number of nitrogens with zero attached hydrogens (tertiary/aromatic N) is 1. The predicted molar refractivity (Wildman–Crippen MR) is 67.8 cm³/mol. The molecule has 0 saturated heterocycles. The lowest BCUT2D eigenvalue weighted by Gasteiger charge is -2.06. The maximum absolute atomic E-state index is 11.3. The third kappa shape index (κ3) is 4.15. The van der Waals surface area contributed by atoms with Gasteiger partial charge in [0.15, 0.2) is 0 Å². The zero-order chi connectivity index (χ0) is 12.4. The monoisotopic (exact) mass is 209 g/mol. The van der Waals surface area contributed by atoms with Crippen molar-refractivity contribution in [3.05, 3.63) is 36.5 Å². The molecule has 1 aliphatic rings. The highest BCUT2D eigenvalue weighted by atomic mass is 16.2. The summed E-state index contributed by atoms with van der Waals surface area (Å²) in [5, 5.41) is 0. The number of carbonyl (C=O) groups is 1. The zero-order valence-corrected chi connectivity index (χ0v) is 10.6. The fraction of sp³-hybridized carbons (Fsp3) is 0.462. The SMILES string of the molecule is C=CC1=C(C=C)C(=O)N(C)C1.CC.CC. The van der Waals surface area contributed by atoms with Gasteiger partial charge in [0.2, 0.25) is 0 Å². The van der Waals surface area contributed by atoms with Crippen molar-refractivity contribution in [3.63, 3.8) is 0 Å². The zero-order valence-electron chi connectivity index (χ0n) is 10.6. The second kappa shape index (κ2) is 9.25. The fourth-order valence-corrected chi connectivity index (χ4v) is 1.15. The van der Waals surface area contributed by atoms with Gasteiger partial charge in [0.25, 0.3) is 5.91 Å². The Labute approximate surface area is 94.0 Å². The molecule has 0 unspecified atom stereocenters. The van der Waals surface area contributed by atoms with E-state index in [0.717, 1.165) is 5.57 Å². The molecule has 1 heterocycles. The van der Waals surface area contributed by atoms with Crippen LogP contribution in [0, 0.1) is 0 Å². The minimum Gasteiger partial charge on any atom is -0.337 e. The second-order valence-corrected chi connectivity index (χ2v) is 2.51. The van der Waals surface area contributed by atoms with E-state index in [1.54, 1.807) is 24.1 Å². The maximum atomic E-state index is 11.3. The van der Waals surface area contributed by atoms with Crippen molar-refractivity contribution in [3.8, 4) is 0 Å². The van der Waals surface area contributed by atoms with Gasteiger partial charge >= 0.3 is 0 Å². The maximum Gasteiger partial charge on any atom is 0.254 e. The minimum absolute atomic E-state index is 0.0369. The van der Waals surface area contributed by atoms with Crippen LogP contribution in [-0.4, -0.2) is 24.4 Å². The van der Waals surface area contributed by atoms with E-state index in [1.807, 2.05) is 27.7 Å². The summed E-state index contributed by atoms with van der Waals surface area (Å²) in [6.45, 7) is 15.9. The van der Waals surface area contributed by atoms with Crippen LogP contribution in [0.2, 0.25) is 0 Å². The van der Waals surface area contributed by atoms with Crippen LogP contribution in [0.4, 0.5) is 0 Å². The van der Waals surface area contributed by atoms with Gasteiger partial charge in [0.05, 0.1) is 0 Å². The number of likely N-dealkylation sites (N-methyl/N-ethyl adjacent to an activating group) is 1. The van der Waals surface area contributed by atoms with Crippen LogP contribution in [0.15, 0.2) is 36.5 Å². The number of hydrogen-bond donors (Lipinski definition) is 0. The van der Waals surface area contributed by atoms with Crippen molar-refractivity contribution in [2.75, 3.05) is 13.6 Å². The molecule has 1 aliphatic heterocycles. The molecule has 0 aromatic heterocycles. The standard InChI is InChI=1S/C9H11NO.2C2H6/c1-4-7-6-10(3)9(11)8(7)5-2;2*1-2/h4-5H,1-2,6H2,3H3;2*1-2H3. The molecule has 0 N–H and O–H groups in total. The van der Waals surface area contributed by atoms with Crippen molar-refractivity contribution in [1.82, 2.24) is 4.90 Å². The molecule has 0 bridgehead atoms. The predicted octanol–water partition coefficient (Wildman–Crippen LogP) is 3.18. The lowest BCUT2D eigenvalue weighted by Crippen LogP contribution is -2.21. The molecular formula is C13H23NO. The van der Waals surface area contributed by atoms with Crippen LogP contribution >= 0.6 is 0 Å². The molecule has 0 atom stereocenters. The van der Waals surface area contributed by atoms with E-state index < -0.39 is 0 Å². The van der Waals surface area contributed by atoms with Gasteiger partial charge in [-0.3, -0.25) is 4.79 Å². The number of carbonyl (C=O) groups excluding carboxylic acids is 1. The lowest BCUT2D eigenvalue weighted by atomic mass is 10.1. The molecule has 86 valence electrons. The van der Waals surface area contributed by atoms with Crippen LogP contribution < -0.4 is 0 Å². The molecule has 2 nitrogen and oxygen atoms in total. The fourth-order valence-electron chi connectivity index (χ4n) is 1.15. The van der Waals surface area contributed by atoms with E-state index in [4.69, 9.17) is 0 Å². The van der Waals surface area contributed by atoms with Gasteiger partial charge in [-0.05, 0) is 5.57 Å². The molecule has 0 aliphatic carbocycles. The van der Waals surface area contributed by atoms with Gasteiger partial charge in [-0.2, -0.15) is 0 Å².